The minimum absolute atomic E-state index is 0.133. The number of nitrogens with zero attached hydrogens (tertiary/aromatic N) is 5. The molecule has 2 aromatic rings. The molecule has 3 heterocycles. The lowest BCUT2D eigenvalue weighted by Crippen LogP contribution is -2.30. The third-order valence-corrected chi connectivity index (χ3v) is 4.01. The zero-order valence-corrected chi connectivity index (χ0v) is 14.0. The first-order valence-corrected chi connectivity index (χ1v) is 8.05. The van der Waals surface area contributed by atoms with Crippen LogP contribution in [0.4, 0.5) is 0 Å². The number of nitrogens with one attached hydrogen (secondary N) is 1. The van der Waals surface area contributed by atoms with Crippen molar-refractivity contribution in [1.82, 2.24) is 29.5 Å². The number of likely N-dealkylation sites (N-methyl/N-ethyl adjacent to an activating group) is 1. The lowest BCUT2D eigenvalue weighted by Gasteiger charge is -2.22. The summed E-state index contributed by atoms with van der Waals surface area (Å²) in [5.74, 6) is 0.405. The summed E-state index contributed by atoms with van der Waals surface area (Å²) in [7, 11) is 2.08. The van der Waals surface area contributed by atoms with E-state index in [1.54, 1.807) is 6.20 Å². The molecule has 0 fully saturated rings. The number of carbonyl (C=O) groups is 1. The molecule has 0 unspecified atom stereocenters. The average Bonchev–Trinajstić information content (AvgIpc) is 3.10. The number of rotatable bonds is 5. The number of fused-ring (bicyclic) bond motifs is 1. The van der Waals surface area contributed by atoms with Gasteiger partial charge in [-0.2, -0.15) is 5.10 Å². The summed E-state index contributed by atoms with van der Waals surface area (Å²) in [4.78, 5) is 18.7. The van der Waals surface area contributed by atoms with Crippen LogP contribution >= 0.6 is 0 Å². The minimum Gasteiger partial charge on any atom is -0.345 e. The molecule has 0 radical (unpaired) electrons. The smallest absolute Gasteiger partial charge is 0.272 e. The van der Waals surface area contributed by atoms with Crippen molar-refractivity contribution in [3.63, 3.8) is 0 Å². The van der Waals surface area contributed by atoms with Crippen LogP contribution in [-0.4, -0.2) is 43.7 Å². The maximum absolute atomic E-state index is 12.3. The molecule has 0 aromatic carbocycles. The predicted octanol–water partition coefficient (Wildman–Crippen LogP) is 1.11. The molecule has 0 saturated heterocycles. The van der Waals surface area contributed by atoms with Crippen molar-refractivity contribution < 1.29 is 4.79 Å². The fourth-order valence-corrected chi connectivity index (χ4v) is 2.82. The van der Waals surface area contributed by atoms with Gasteiger partial charge in [0.25, 0.3) is 5.91 Å². The van der Waals surface area contributed by atoms with Crippen LogP contribution in [-0.2, 0) is 26.2 Å². The van der Waals surface area contributed by atoms with Gasteiger partial charge in [-0.05, 0) is 19.0 Å². The zero-order valence-electron chi connectivity index (χ0n) is 14.0. The number of aromatic nitrogens is 4. The van der Waals surface area contributed by atoms with E-state index in [0.29, 0.717) is 18.2 Å². The van der Waals surface area contributed by atoms with Crippen LogP contribution in [0.1, 0.15) is 35.7 Å². The third-order valence-electron chi connectivity index (χ3n) is 4.01. The van der Waals surface area contributed by atoms with Crippen molar-refractivity contribution in [3.8, 4) is 0 Å². The first kappa shape index (κ1) is 15.7. The number of hydrogen-bond acceptors (Lipinski definition) is 4. The minimum atomic E-state index is -0.133. The molecule has 23 heavy (non-hydrogen) atoms. The van der Waals surface area contributed by atoms with E-state index in [1.807, 2.05) is 17.1 Å². The standard InChI is InChI=1S/C16H24N6O/c1-12(2)9-21-11-17-7-14(21)8-18-16(23)15-6-13-10-20(3)4-5-22(13)19-15/h6-7,11-12H,4-5,8-10H2,1-3H3,(H,18,23). The summed E-state index contributed by atoms with van der Waals surface area (Å²) in [5.41, 5.74) is 2.59. The van der Waals surface area contributed by atoms with E-state index in [0.717, 1.165) is 37.6 Å². The fraction of sp³-hybridized carbons (Fsp3) is 0.562. The molecule has 1 aliphatic heterocycles. The summed E-state index contributed by atoms with van der Waals surface area (Å²) >= 11 is 0. The van der Waals surface area contributed by atoms with Crippen LogP contribution in [0.3, 0.4) is 0 Å². The number of imidazole rings is 1. The second kappa shape index (κ2) is 6.54. The van der Waals surface area contributed by atoms with Crippen LogP contribution in [0.5, 0.6) is 0 Å². The van der Waals surface area contributed by atoms with Gasteiger partial charge in [-0.3, -0.25) is 14.4 Å². The van der Waals surface area contributed by atoms with E-state index in [-0.39, 0.29) is 5.91 Å². The third kappa shape index (κ3) is 3.61. The zero-order chi connectivity index (χ0) is 16.4. The summed E-state index contributed by atoms with van der Waals surface area (Å²) in [5, 5.41) is 7.36. The van der Waals surface area contributed by atoms with Gasteiger partial charge in [0, 0.05) is 25.8 Å². The summed E-state index contributed by atoms with van der Waals surface area (Å²) in [6.45, 7) is 8.32. The highest BCUT2D eigenvalue weighted by Gasteiger charge is 2.19. The van der Waals surface area contributed by atoms with Crippen molar-refractivity contribution in [1.29, 1.82) is 0 Å². The van der Waals surface area contributed by atoms with E-state index in [4.69, 9.17) is 0 Å². The first-order chi connectivity index (χ1) is 11.0. The Hall–Kier alpha value is -2.15. The molecule has 0 spiro atoms. The topological polar surface area (TPSA) is 68.0 Å². The maximum atomic E-state index is 12.3. The molecule has 2 aromatic heterocycles. The maximum Gasteiger partial charge on any atom is 0.272 e. The number of amides is 1. The molecular formula is C16H24N6O. The molecule has 0 atom stereocenters. The predicted molar refractivity (Wildman–Crippen MR) is 86.8 cm³/mol. The summed E-state index contributed by atoms with van der Waals surface area (Å²) in [6, 6.07) is 1.89. The van der Waals surface area contributed by atoms with Gasteiger partial charge in [0.1, 0.15) is 0 Å². The molecule has 3 rings (SSSR count). The molecule has 124 valence electrons. The Bertz CT molecular complexity index is 687. The van der Waals surface area contributed by atoms with Crippen molar-refractivity contribution in [2.24, 2.45) is 5.92 Å². The fourth-order valence-electron chi connectivity index (χ4n) is 2.82. The van der Waals surface area contributed by atoms with E-state index < -0.39 is 0 Å². The molecule has 0 saturated carbocycles. The molecular weight excluding hydrogens is 292 g/mol. The molecule has 0 aliphatic carbocycles. The average molecular weight is 316 g/mol. The van der Waals surface area contributed by atoms with Crippen LogP contribution in [0.25, 0.3) is 0 Å². The first-order valence-electron chi connectivity index (χ1n) is 8.05. The van der Waals surface area contributed by atoms with Crippen LogP contribution in [0, 0.1) is 5.92 Å². The second-order valence-corrected chi connectivity index (χ2v) is 6.60. The van der Waals surface area contributed by atoms with Crippen LogP contribution in [0.15, 0.2) is 18.6 Å². The highest BCUT2D eigenvalue weighted by molar-refractivity contribution is 5.92. The van der Waals surface area contributed by atoms with Crippen molar-refractivity contribution >= 4 is 5.91 Å². The highest BCUT2D eigenvalue weighted by atomic mass is 16.1. The van der Waals surface area contributed by atoms with Crippen molar-refractivity contribution in [3.05, 3.63) is 35.7 Å². The van der Waals surface area contributed by atoms with Crippen LogP contribution < -0.4 is 5.32 Å². The Morgan fingerprint density at radius 3 is 3.00 bits per heavy atom. The van der Waals surface area contributed by atoms with Gasteiger partial charge in [-0.15, -0.1) is 0 Å². The van der Waals surface area contributed by atoms with E-state index in [9.17, 15) is 4.79 Å². The molecule has 7 nitrogen and oxygen atoms in total. The van der Waals surface area contributed by atoms with Gasteiger partial charge in [0.15, 0.2) is 5.69 Å². The van der Waals surface area contributed by atoms with E-state index in [1.165, 1.54) is 0 Å². The Morgan fingerprint density at radius 2 is 2.22 bits per heavy atom. The van der Waals surface area contributed by atoms with Gasteiger partial charge in [0.2, 0.25) is 0 Å². The molecule has 1 amide bonds. The molecule has 1 aliphatic rings. The van der Waals surface area contributed by atoms with Gasteiger partial charge >= 0.3 is 0 Å². The molecule has 7 heteroatoms. The highest BCUT2D eigenvalue weighted by Crippen LogP contribution is 2.12. The quantitative estimate of drug-likeness (QED) is 0.897. The Kier molecular flexibility index (Phi) is 4.47. The van der Waals surface area contributed by atoms with E-state index in [2.05, 4.69) is 45.8 Å². The summed E-state index contributed by atoms with van der Waals surface area (Å²) in [6.07, 6.45) is 3.61. The van der Waals surface area contributed by atoms with Gasteiger partial charge in [0.05, 0.1) is 30.8 Å². The summed E-state index contributed by atoms with van der Waals surface area (Å²) < 4.78 is 4.01. The van der Waals surface area contributed by atoms with Gasteiger partial charge in [-0.25, -0.2) is 4.98 Å². The lowest BCUT2D eigenvalue weighted by molar-refractivity contribution is 0.0944. The SMILES string of the molecule is CC(C)Cn1cncc1CNC(=O)c1cc2n(n1)CCN(C)C2. The number of carbonyl (C=O) groups excluding carboxylic acids is 1. The normalized spacial score (nSPS) is 15.0. The Labute approximate surface area is 136 Å². The van der Waals surface area contributed by atoms with Gasteiger partial charge < -0.3 is 9.88 Å². The monoisotopic (exact) mass is 316 g/mol. The second-order valence-electron chi connectivity index (χ2n) is 6.60. The van der Waals surface area contributed by atoms with Gasteiger partial charge in [-0.1, -0.05) is 13.8 Å². The molecule has 1 N–H and O–H groups in total. The lowest BCUT2D eigenvalue weighted by atomic mass is 10.2. The van der Waals surface area contributed by atoms with Crippen molar-refractivity contribution in [2.45, 2.75) is 40.0 Å². The largest absolute Gasteiger partial charge is 0.345 e. The Morgan fingerprint density at radius 1 is 1.39 bits per heavy atom. The van der Waals surface area contributed by atoms with E-state index >= 15 is 0 Å². The van der Waals surface area contributed by atoms with Crippen molar-refractivity contribution in [2.75, 3.05) is 13.6 Å². The van der Waals surface area contributed by atoms with Crippen LogP contribution in [0.2, 0.25) is 0 Å². The molecule has 0 bridgehead atoms. The number of hydrogen-bond donors (Lipinski definition) is 1. The Balaban J connectivity index is 1.63.